The number of carbonyl (C=O) groups is 2. The maximum atomic E-state index is 11.9. The van der Waals surface area contributed by atoms with Gasteiger partial charge in [-0.2, -0.15) is 0 Å². The number of anilines is 2. The van der Waals surface area contributed by atoms with Crippen molar-refractivity contribution in [1.82, 2.24) is 5.32 Å². The minimum absolute atomic E-state index is 0.136. The summed E-state index contributed by atoms with van der Waals surface area (Å²) >= 11 is 1.62. The van der Waals surface area contributed by atoms with Gasteiger partial charge in [0.15, 0.2) is 0 Å². The standard InChI is InChI=1S/C17H19N3O2S/c1-23-15-9-5-8-14(12-15)19-16(21)10-11-18-17(22)20-13-6-3-2-4-7-13/h2-9,12H,10-11H2,1H3,(H,19,21)(H2,18,20,22). The van der Waals surface area contributed by atoms with Gasteiger partial charge in [-0.25, -0.2) is 4.79 Å². The average molecular weight is 329 g/mol. The Hall–Kier alpha value is -2.47. The number of nitrogens with one attached hydrogen (secondary N) is 3. The smallest absolute Gasteiger partial charge is 0.319 e. The maximum absolute atomic E-state index is 11.9. The van der Waals surface area contributed by atoms with Crippen molar-refractivity contribution in [3.63, 3.8) is 0 Å². The van der Waals surface area contributed by atoms with E-state index < -0.39 is 0 Å². The molecular formula is C17H19N3O2S. The molecule has 0 aliphatic carbocycles. The lowest BCUT2D eigenvalue weighted by Gasteiger charge is -2.08. The predicted molar refractivity (Wildman–Crippen MR) is 94.9 cm³/mol. The molecule has 0 fully saturated rings. The molecule has 2 aromatic rings. The maximum Gasteiger partial charge on any atom is 0.319 e. The summed E-state index contributed by atoms with van der Waals surface area (Å²) in [6.45, 7) is 0.271. The van der Waals surface area contributed by atoms with Gasteiger partial charge >= 0.3 is 6.03 Å². The monoisotopic (exact) mass is 329 g/mol. The van der Waals surface area contributed by atoms with E-state index in [1.54, 1.807) is 23.9 Å². The molecule has 0 saturated carbocycles. The van der Waals surface area contributed by atoms with E-state index >= 15 is 0 Å². The Bertz CT molecular complexity index is 662. The summed E-state index contributed by atoms with van der Waals surface area (Å²) in [6.07, 6.45) is 2.20. The van der Waals surface area contributed by atoms with E-state index in [1.165, 1.54) is 0 Å². The van der Waals surface area contributed by atoms with Crippen LogP contribution in [0.2, 0.25) is 0 Å². The number of carbonyl (C=O) groups excluding carboxylic acids is 2. The van der Waals surface area contributed by atoms with E-state index in [9.17, 15) is 9.59 Å². The molecule has 0 spiro atoms. The van der Waals surface area contributed by atoms with Crippen molar-refractivity contribution in [2.75, 3.05) is 23.4 Å². The van der Waals surface area contributed by atoms with Crippen molar-refractivity contribution in [2.24, 2.45) is 0 Å². The van der Waals surface area contributed by atoms with Gasteiger partial charge in [-0.3, -0.25) is 4.79 Å². The SMILES string of the molecule is CSc1cccc(NC(=O)CCNC(=O)Nc2ccccc2)c1. The van der Waals surface area contributed by atoms with Gasteiger partial charge in [-0.15, -0.1) is 11.8 Å². The van der Waals surface area contributed by atoms with Crippen molar-refractivity contribution in [3.8, 4) is 0 Å². The van der Waals surface area contributed by atoms with Gasteiger partial charge in [0.05, 0.1) is 0 Å². The molecule has 6 heteroatoms. The average Bonchev–Trinajstić information content (AvgIpc) is 2.56. The van der Waals surface area contributed by atoms with Crippen molar-refractivity contribution in [3.05, 3.63) is 54.6 Å². The van der Waals surface area contributed by atoms with E-state index in [-0.39, 0.29) is 24.9 Å². The molecule has 5 nitrogen and oxygen atoms in total. The number of thioether (sulfide) groups is 1. The van der Waals surface area contributed by atoms with Crippen molar-refractivity contribution in [2.45, 2.75) is 11.3 Å². The topological polar surface area (TPSA) is 70.2 Å². The Balaban J connectivity index is 1.71. The normalized spacial score (nSPS) is 9.96. The third-order valence-corrected chi connectivity index (χ3v) is 3.75. The zero-order valence-electron chi connectivity index (χ0n) is 12.8. The van der Waals surface area contributed by atoms with E-state index in [1.807, 2.05) is 48.7 Å². The van der Waals surface area contributed by atoms with E-state index in [0.717, 1.165) is 10.6 Å². The Labute approximate surface area is 139 Å². The molecule has 0 heterocycles. The first kappa shape index (κ1) is 16.9. The van der Waals surface area contributed by atoms with Crippen LogP contribution in [0.3, 0.4) is 0 Å². The second kappa shape index (κ2) is 8.85. The fraction of sp³-hybridized carbons (Fsp3) is 0.176. The summed E-state index contributed by atoms with van der Waals surface area (Å²) in [4.78, 5) is 24.6. The quantitative estimate of drug-likeness (QED) is 0.710. The molecule has 0 atom stereocenters. The van der Waals surface area contributed by atoms with Crippen molar-refractivity contribution < 1.29 is 9.59 Å². The molecule has 2 aromatic carbocycles. The molecule has 0 aliphatic rings. The van der Waals surface area contributed by atoms with Crippen LogP contribution < -0.4 is 16.0 Å². The van der Waals surface area contributed by atoms with Crippen molar-refractivity contribution in [1.29, 1.82) is 0 Å². The first-order chi connectivity index (χ1) is 11.2. The van der Waals surface area contributed by atoms with Gasteiger partial charge in [0, 0.05) is 29.2 Å². The second-order valence-electron chi connectivity index (χ2n) is 4.78. The van der Waals surface area contributed by atoms with Gasteiger partial charge in [0.1, 0.15) is 0 Å². The summed E-state index contributed by atoms with van der Waals surface area (Å²) in [7, 11) is 0. The highest BCUT2D eigenvalue weighted by atomic mass is 32.2. The molecule has 0 aliphatic heterocycles. The molecule has 3 N–H and O–H groups in total. The lowest BCUT2D eigenvalue weighted by Crippen LogP contribution is -2.31. The van der Waals surface area contributed by atoms with Gasteiger partial charge in [-0.05, 0) is 36.6 Å². The molecule has 120 valence electrons. The lowest BCUT2D eigenvalue weighted by molar-refractivity contribution is -0.116. The number of amides is 3. The number of hydrogen-bond acceptors (Lipinski definition) is 3. The zero-order valence-corrected chi connectivity index (χ0v) is 13.7. The zero-order chi connectivity index (χ0) is 16.5. The number of hydrogen-bond donors (Lipinski definition) is 3. The van der Waals surface area contributed by atoms with Gasteiger partial charge in [-0.1, -0.05) is 24.3 Å². The highest BCUT2D eigenvalue weighted by molar-refractivity contribution is 7.98. The van der Waals surface area contributed by atoms with Gasteiger partial charge in [0.25, 0.3) is 0 Å². The molecule has 0 bridgehead atoms. The van der Waals surface area contributed by atoms with Crippen LogP contribution in [0.5, 0.6) is 0 Å². The van der Waals surface area contributed by atoms with Crippen LogP contribution in [0, 0.1) is 0 Å². The van der Waals surface area contributed by atoms with Gasteiger partial charge in [0.2, 0.25) is 5.91 Å². The van der Waals surface area contributed by atoms with E-state index in [4.69, 9.17) is 0 Å². The number of benzene rings is 2. The minimum atomic E-state index is -0.326. The third kappa shape index (κ3) is 6.04. The number of para-hydroxylation sites is 1. The Morgan fingerprint density at radius 2 is 1.70 bits per heavy atom. The fourth-order valence-electron chi connectivity index (χ4n) is 1.91. The largest absolute Gasteiger partial charge is 0.337 e. The fourth-order valence-corrected chi connectivity index (χ4v) is 2.37. The first-order valence-electron chi connectivity index (χ1n) is 7.21. The highest BCUT2D eigenvalue weighted by Gasteiger charge is 2.05. The van der Waals surface area contributed by atoms with Crippen LogP contribution in [0.1, 0.15) is 6.42 Å². The Morgan fingerprint density at radius 1 is 0.957 bits per heavy atom. The molecule has 2 rings (SSSR count). The number of urea groups is 1. The van der Waals surface area contributed by atoms with E-state index in [2.05, 4.69) is 16.0 Å². The minimum Gasteiger partial charge on any atom is -0.337 e. The summed E-state index contributed by atoms with van der Waals surface area (Å²) in [5.41, 5.74) is 1.47. The van der Waals surface area contributed by atoms with Crippen LogP contribution in [0.15, 0.2) is 59.5 Å². The van der Waals surface area contributed by atoms with Gasteiger partial charge < -0.3 is 16.0 Å². The molecule has 0 radical (unpaired) electrons. The summed E-state index contributed by atoms with van der Waals surface area (Å²) in [6, 6.07) is 16.5. The van der Waals surface area contributed by atoms with E-state index in [0.29, 0.717) is 5.69 Å². The summed E-state index contributed by atoms with van der Waals surface area (Å²) in [5, 5.41) is 8.17. The summed E-state index contributed by atoms with van der Waals surface area (Å²) < 4.78 is 0. The molecule has 0 saturated heterocycles. The molecule has 23 heavy (non-hydrogen) atoms. The Kier molecular flexibility index (Phi) is 6.50. The van der Waals surface area contributed by atoms with Crippen molar-refractivity contribution >= 4 is 35.1 Å². The van der Waals surface area contributed by atoms with Crippen LogP contribution in [0.4, 0.5) is 16.2 Å². The highest BCUT2D eigenvalue weighted by Crippen LogP contribution is 2.18. The lowest BCUT2D eigenvalue weighted by atomic mass is 10.3. The van der Waals surface area contributed by atoms with Crippen LogP contribution in [0.25, 0.3) is 0 Å². The van der Waals surface area contributed by atoms with Crippen LogP contribution in [-0.4, -0.2) is 24.7 Å². The van der Waals surface area contributed by atoms with Crippen LogP contribution in [-0.2, 0) is 4.79 Å². The first-order valence-corrected chi connectivity index (χ1v) is 8.43. The molecule has 3 amide bonds. The molecule has 0 unspecified atom stereocenters. The third-order valence-electron chi connectivity index (χ3n) is 3.02. The molecular weight excluding hydrogens is 310 g/mol. The molecule has 0 aromatic heterocycles. The van der Waals surface area contributed by atoms with Crippen LogP contribution >= 0.6 is 11.8 Å². The predicted octanol–water partition coefficient (Wildman–Crippen LogP) is 3.56. The summed E-state index contributed by atoms with van der Waals surface area (Å²) in [5.74, 6) is -0.136. The number of rotatable bonds is 6. The second-order valence-corrected chi connectivity index (χ2v) is 5.66. The Morgan fingerprint density at radius 3 is 2.43 bits per heavy atom.